The Balaban J connectivity index is 2.61. The number of amides is 1. The lowest BCUT2D eigenvalue weighted by atomic mass is 9.75. The highest BCUT2D eigenvalue weighted by atomic mass is 16.4. The van der Waals surface area contributed by atoms with E-state index in [1.807, 2.05) is 0 Å². The number of carbonyl (C=O) groups excluding carboxylic acids is 1. The first kappa shape index (κ1) is 13.0. The zero-order valence-electron chi connectivity index (χ0n) is 9.66. The molecule has 0 spiro atoms. The predicted octanol–water partition coefficient (Wildman–Crippen LogP) is 0.485. The largest absolute Gasteiger partial charge is 0.480 e. The third-order valence-corrected chi connectivity index (χ3v) is 3.55. The molecule has 5 nitrogen and oxygen atoms in total. The molecule has 1 aliphatic rings. The third kappa shape index (κ3) is 2.95. The van der Waals surface area contributed by atoms with Gasteiger partial charge in [-0.15, -0.1) is 0 Å². The fourth-order valence-electron chi connectivity index (χ4n) is 2.30. The first-order chi connectivity index (χ1) is 7.50. The van der Waals surface area contributed by atoms with Crippen LogP contribution in [0.2, 0.25) is 0 Å². The number of nitrogens with one attached hydrogen (secondary N) is 1. The first-order valence-corrected chi connectivity index (χ1v) is 5.77. The Bertz CT molecular complexity index is 270. The molecule has 0 unspecified atom stereocenters. The van der Waals surface area contributed by atoms with Gasteiger partial charge < -0.3 is 10.8 Å². The summed E-state index contributed by atoms with van der Waals surface area (Å²) in [5.74, 6) is -0.774. The summed E-state index contributed by atoms with van der Waals surface area (Å²) in [4.78, 5) is 22.0. The van der Waals surface area contributed by atoms with Crippen LogP contribution in [-0.4, -0.2) is 29.1 Å². The molecule has 92 valence electrons. The van der Waals surface area contributed by atoms with E-state index in [-0.39, 0.29) is 6.54 Å². The second kappa shape index (κ2) is 5.30. The monoisotopic (exact) mass is 228 g/mol. The van der Waals surface area contributed by atoms with E-state index < -0.39 is 17.4 Å². The maximum Gasteiger partial charge on any atom is 0.323 e. The van der Waals surface area contributed by atoms with Gasteiger partial charge in [0.05, 0.1) is 6.54 Å². The van der Waals surface area contributed by atoms with Crippen molar-refractivity contribution in [3.63, 3.8) is 0 Å². The average molecular weight is 228 g/mol. The molecule has 0 aromatic rings. The SMILES string of the molecule is CCC1CCC(NCC(N)=O)(C(=O)O)CC1. The Morgan fingerprint density at radius 1 is 1.44 bits per heavy atom. The lowest BCUT2D eigenvalue weighted by Crippen LogP contribution is -2.56. The van der Waals surface area contributed by atoms with Crippen LogP contribution in [0.15, 0.2) is 0 Å². The van der Waals surface area contributed by atoms with Crippen molar-refractivity contribution in [1.82, 2.24) is 5.32 Å². The molecule has 0 atom stereocenters. The zero-order chi connectivity index (χ0) is 12.2. The van der Waals surface area contributed by atoms with Crippen LogP contribution in [0.1, 0.15) is 39.0 Å². The molecule has 1 fully saturated rings. The Morgan fingerprint density at radius 3 is 2.38 bits per heavy atom. The van der Waals surface area contributed by atoms with Crippen LogP contribution in [-0.2, 0) is 9.59 Å². The van der Waals surface area contributed by atoms with Crippen molar-refractivity contribution >= 4 is 11.9 Å². The van der Waals surface area contributed by atoms with Crippen LogP contribution < -0.4 is 11.1 Å². The summed E-state index contributed by atoms with van der Waals surface area (Å²) in [6.07, 6.45) is 4.04. The molecule has 1 rings (SSSR count). The van der Waals surface area contributed by atoms with Gasteiger partial charge in [-0.25, -0.2) is 0 Å². The van der Waals surface area contributed by atoms with Gasteiger partial charge in [0.15, 0.2) is 0 Å². The van der Waals surface area contributed by atoms with Crippen LogP contribution in [0.5, 0.6) is 0 Å². The van der Waals surface area contributed by atoms with E-state index >= 15 is 0 Å². The van der Waals surface area contributed by atoms with Gasteiger partial charge >= 0.3 is 5.97 Å². The summed E-state index contributed by atoms with van der Waals surface area (Å²) >= 11 is 0. The second-order valence-electron chi connectivity index (χ2n) is 4.56. The van der Waals surface area contributed by atoms with Gasteiger partial charge in [-0.05, 0) is 31.6 Å². The number of hydrogen-bond donors (Lipinski definition) is 3. The molecule has 0 heterocycles. The maximum absolute atomic E-state index is 11.3. The van der Waals surface area contributed by atoms with Gasteiger partial charge in [0, 0.05) is 0 Å². The fourth-order valence-corrected chi connectivity index (χ4v) is 2.30. The van der Waals surface area contributed by atoms with Gasteiger partial charge in [0.25, 0.3) is 0 Å². The van der Waals surface area contributed by atoms with Crippen LogP contribution in [0.3, 0.4) is 0 Å². The lowest BCUT2D eigenvalue weighted by molar-refractivity contribution is -0.147. The Hall–Kier alpha value is -1.10. The van der Waals surface area contributed by atoms with E-state index in [4.69, 9.17) is 5.73 Å². The minimum atomic E-state index is -0.944. The number of primary amides is 1. The van der Waals surface area contributed by atoms with Gasteiger partial charge in [-0.2, -0.15) is 0 Å². The Labute approximate surface area is 95.4 Å². The number of hydrogen-bond acceptors (Lipinski definition) is 3. The van der Waals surface area contributed by atoms with E-state index in [0.717, 1.165) is 19.3 Å². The van der Waals surface area contributed by atoms with E-state index in [2.05, 4.69) is 12.2 Å². The van der Waals surface area contributed by atoms with Crippen molar-refractivity contribution in [2.24, 2.45) is 11.7 Å². The Kier molecular flexibility index (Phi) is 4.29. The van der Waals surface area contributed by atoms with Crippen LogP contribution in [0.25, 0.3) is 0 Å². The quantitative estimate of drug-likeness (QED) is 0.638. The summed E-state index contributed by atoms with van der Waals surface area (Å²) < 4.78 is 0. The molecule has 0 aromatic carbocycles. The third-order valence-electron chi connectivity index (χ3n) is 3.55. The lowest BCUT2D eigenvalue weighted by Gasteiger charge is -2.37. The highest BCUT2D eigenvalue weighted by molar-refractivity contribution is 5.81. The number of rotatable bonds is 5. The van der Waals surface area contributed by atoms with Crippen molar-refractivity contribution in [2.75, 3.05) is 6.54 Å². The number of nitrogens with two attached hydrogens (primary N) is 1. The summed E-state index contributed by atoms with van der Waals surface area (Å²) in [5, 5.41) is 12.1. The number of carboxylic acid groups (broad SMARTS) is 1. The minimum Gasteiger partial charge on any atom is -0.480 e. The topological polar surface area (TPSA) is 92.4 Å². The average Bonchev–Trinajstić information content (AvgIpc) is 2.26. The molecular weight excluding hydrogens is 208 g/mol. The number of carboxylic acids is 1. The standard InChI is InChI=1S/C11H20N2O3/c1-2-8-3-5-11(6-4-8,10(15)16)13-7-9(12)14/h8,13H,2-7H2,1H3,(H2,12,14)(H,15,16). The number of carbonyl (C=O) groups is 2. The summed E-state index contributed by atoms with van der Waals surface area (Å²) in [6.45, 7) is 2.05. The molecule has 0 aliphatic heterocycles. The molecule has 4 N–H and O–H groups in total. The van der Waals surface area contributed by atoms with Crippen molar-refractivity contribution in [3.8, 4) is 0 Å². The molecule has 1 amide bonds. The summed E-state index contributed by atoms with van der Waals surface area (Å²) in [6, 6.07) is 0. The second-order valence-corrected chi connectivity index (χ2v) is 4.56. The van der Waals surface area contributed by atoms with Crippen LogP contribution >= 0.6 is 0 Å². The van der Waals surface area contributed by atoms with E-state index in [1.165, 1.54) is 0 Å². The summed E-state index contributed by atoms with van der Waals surface area (Å²) in [7, 11) is 0. The molecule has 1 saturated carbocycles. The van der Waals surface area contributed by atoms with Gasteiger partial charge in [-0.3, -0.25) is 14.9 Å². The molecule has 1 aliphatic carbocycles. The predicted molar refractivity (Wildman–Crippen MR) is 59.8 cm³/mol. The smallest absolute Gasteiger partial charge is 0.323 e. The highest BCUT2D eigenvalue weighted by Gasteiger charge is 2.41. The van der Waals surface area contributed by atoms with Gasteiger partial charge in [0.1, 0.15) is 5.54 Å². The maximum atomic E-state index is 11.3. The molecular formula is C11H20N2O3. The molecule has 0 radical (unpaired) electrons. The highest BCUT2D eigenvalue weighted by Crippen LogP contribution is 2.33. The molecule has 0 bridgehead atoms. The zero-order valence-corrected chi connectivity index (χ0v) is 9.66. The molecule has 0 saturated heterocycles. The van der Waals surface area contributed by atoms with Crippen molar-refractivity contribution < 1.29 is 14.7 Å². The van der Waals surface area contributed by atoms with Crippen LogP contribution in [0.4, 0.5) is 0 Å². The van der Waals surface area contributed by atoms with E-state index in [9.17, 15) is 14.7 Å². The van der Waals surface area contributed by atoms with E-state index in [1.54, 1.807) is 0 Å². The van der Waals surface area contributed by atoms with Crippen LogP contribution in [0, 0.1) is 5.92 Å². The van der Waals surface area contributed by atoms with Gasteiger partial charge in [0.2, 0.25) is 5.91 Å². The molecule has 0 aromatic heterocycles. The van der Waals surface area contributed by atoms with Crippen molar-refractivity contribution in [3.05, 3.63) is 0 Å². The number of aliphatic carboxylic acids is 1. The molecule has 5 heteroatoms. The first-order valence-electron chi connectivity index (χ1n) is 5.77. The fraction of sp³-hybridized carbons (Fsp3) is 0.818. The minimum absolute atomic E-state index is 0.0664. The molecule has 16 heavy (non-hydrogen) atoms. The van der Waals surface area contributed by atoms with Crippen molar-refractivity contribution in [2.45, 2.75) is 44.6 Å². The van der Waals surface area contributed by atoms with Gasteiger partial charge in [-0.1, -0.05) is 13.3 Å². The van der Waals surface area contributed by atoms with Crippen molar-refractivity contribution in [1.29, 1.82) is 0 Å². The normalized spacial score (nSPS) is 29.9. The van der Waals surface area contributed by atoms with E-state index in [0.29, 0.717) is 18.8 Å². The Morgan fingerprint density at radius 2 is 2.00 bits per heavy atom. The summed E-state index contributed by atoms with van der Waals surface area (Å²) in [5.41, 5.74) is 4.08.